The molecule has 0 aliphatic carbocycles. The topological polar surface area (TPSA) is 61.9 Å². The molecule has 0 spiro atoms. The number of aryl methyl sites for hydroxylation is 3. The second-order valence-electron chi connectivity index (χ2n) is 6.70. The average molecular weight is 372 g/mol. The van der Waals surface area contributed by atoms with Gasteiger partial charge in [-0.15, -0.1) is 5.10 Å². The lowest BCUT2D eigenvalue weighted by atomic mass is 10.1. The predicted octanol–water partition coefficient (Wildman–Crippen LogP) is 4.20. The van der Waals surface area contributed by atoms with Crippen molar-refractivity contribution in [3.05, 3.63) is 89.4 Å². The molecule has 0 saturated heterocycles. The van der Waals surface area contributed by atoms with Crippen molar-refractivity contribution in [1.29, 1.82) is 0 Å². The quantitative estimate of drug-likeness (QED) is 0.504. The van der Waals surface area contributed by atoms with Gasteiger partial charge in [0.05, 0.1) is 11.4 Å². The van der Waals surface area contributed by atoms with Crippen LogP contribution in [-0.4, -0.2) is 25.5 Å². The maximum absolute atomic E-state index is 12.5. The molecule has 4 aromatic rings. The van der Waals surface area contributed by atoms with E-state index in [-0.39, 0.29) is 11.6 Å². The fraction of sp³-hybridized carbons (Fsp3) is 0.136. The first-order valence-electron chi connectivity index (χ1n) is 8.99. The molecule has 0 radical (unpaired) electrons. The summed E-state index contributed by atoms with van der Waals surface area (Å²) in [5, 5.41) is 8.74. The second-order valence-corrected chi connectivity index (χ2v) is 6.70. The van der Waals surface area contributed by atoms with Gasteiger partial charge in [0.15, 0.2) is 5.69 Å². The zero-order valence-electron chi connectivity index (χ0n) is 16.0. The Balaban J connectivity index is 1.56. The number of carbonyl (C=O) groups is 1. The summed E-state index contributed by atoms with van der Waals surface area (Å²) in [6.07, 6.45) is 1.75. The fourth-order valence-electron chi connectivity index (χ4n) is 3.09. The Morgan fingerprint density at radius 1 is 0.929 bits per heavy atom. The molecule has 0 fully saturated rings. The summed E-state index contributed by atoms with van der Waals surface area (Å²) in [6, 6.07) is 19.1. The summed E-state index contributed by atoms with van der Waals surface area (Å²) in [6.45, 7) is 5.98. The number of ether oxygens (including phenoxy) is 1. The van der Waals surface area contributed by atoms with Crippen LogP contribution in [0.25, 0.3) is 11.4 Å². The third-order valence-corrected chi connectivity index (χ3v) is 4.46. The van der Waals surface area contributed by atoms with Gasteiger partial charge in [-0.05, 0) is 50.6 Å². The highest BCUT2D eigenvalue weighted by Crippen LogP contribution is 2.19. The Bertz CT molecular complexity index is 1140. The van der Waals surface area contributed by atoms with Crippen LogP contribution in [0, 0.1) is 20.8 Å². The van der Waals surface area contributed by atoms with Crippen molar-refractivity contribution in [1.82, 2.24) is 19.6 Å². The van der Waals surface area contributed by atoms with Crippen LogP contribution in [0.1, 0.15) is 27.3 Å². The van der Waals surface area contributed by atoms with Crippen LogP contribution in [0.5, 0.6) is 5.88 Å². The lowest BCUT2D eigenvalue weighted by molar-refractivity contribution is 0.0720. The SMILES string of the molecule is Cc1ccc(-n2nc(C(=O)Oc3ccn(-c4ccccc4)n3)cc2C)c(C)c1. The number of hydrogen-bond acceptors (Lipinski definition) is 4. The first kappa shape index (κ1) is 17.7. The fourth-order valence-corrected chi connectivity index (χ4v) is 3.09. The Morgan fingerprint density at radius 3 is 2.46 bits per heavy atom. The van der Waals surface area contributed by atoms with Crippen molar-refractivity contribution < 1.29 is 9.53 Å². The number of rotatable bonds is 4. The van der Waals surface area contributed by atoms with Gasteiger partial charge in [-0.3, -0.25) is 0 Å². The minimum atomic E-state index is -0.537. The van der Waals surface area contributed by atoms with Crippen LogP contribution in [0.3, 0.4) is 0 Å². The maximum atomic E-state index is 12.5. The van der Waals surface area contributed by atoms with E-state index < -0.39 is 5.97 Å². The first-order valence-corrected chi connectivity index (χ1v) is 8.99. The number of benzene rings is 2. The molecule has 0 N–H and O–H groups in total. The van der Waals surface area contributed by atoms with Crippen LogP contribution in [0.2, 0.25) is 0 Å². The van der Waals surface area contributed by atoms with E-state index >= 15 is 0 Å². The molecule has 4 rings (SSSR count). The van der Waals surface area contributed by atoms with Crippen LogP contribution in [-0.2, 0) is 0 Å². The van der Waals surface area contributed by atoms with Gasteiger partial charge in [0.25, 0.3) is 0 Å². The highest BCUT2D eigenvalue weighted by molar-refractivity contribution is 5.89. The summed E-state index contributed by atoms with van der Waals surface area (Å²) < 4.78 is 8.82. The second kappa shape index (κ2) is 7.15. The van der Waals surface area contributed by atoms with E-state index in [4.69, 9.17) is 4.74 Å². The number of carbonyl (C=O) groups excluding carboxylic acids is 1. The van der Waals surface area contributed by atoms with Crippen molar-refractivity contribution in [2.75, 3.05) is 0 Å². The molecule has 0 bridgehead atoms. The van der Waals surface area contributed by atoms with E-state index in [1.54, 1.807) is 27.7 Å². The van der Waals surface area contributed by atoms with Crippen LogP contribution in [0.15, 0.2) is 66.9 Å². The smallest absolute Gasteiger partial charge is 0.365 e. The Kier molecular flexibility index (Phi) is 4.53. The summed E-state index contributed by atoms with van der Waals surface area (Å²) in [5.74, 6) is -0.308. The van der Waals surface area contributed by atoms with Crippen LogP contribution >= 0.6 is 0 Å². The van der Waals surface area contributed by atoms with Gasteiger partial charge in [-0.1, -0.05) is 35.9 Å². The monoisotopic (exact) mass is 372 g/mol. The van der Waals surface area contributed by atoms with Crippen LogP contribution in [0.4, 0.5) is 0 Å². The van der Waals surface area contributed by atoms with E-state index in [1.165, 1.54) is 5.56 Å². The summed E-state index contributed by atoms with van der Waals surface area (Å²) in [5.41, 5.74) is 5.20. The third-order valence-electron chi connectivity index (χ3n) is 4.46. The molecule has 2 aromatic carbocycles. The van der Waals surface area contributed by atoms with Gasteiger partial charge in [0, 0.05) is 18.0 Å². The molecule has 140 valence electrons. The molecule has 0 aliphatic heterocycles. The third kappa shape index (κ3) is 3.44. The van der Waals surface area contributed by atoms with Gasteiger partial charge in [0.2, 0.25) is 5.88 Å². The number of esters is 1. The summed E-state index contributed by atoms with van der Waals surface area (Å²) in [4.78, 5) is 12.5. The van der Waals surface area contributed by atoms with E-state index in [2.05, 4.69) is 16.3 Å². The zero-order chi connectivity index (χ0) is 19.7. The minimum Gasteiger partial charge on any atom is -0.401 e. The largest absolute Gasteiger partial charge is 0.401 e. The van der Waals surface area contributed by atoms with Crippen LogP contribution < -0.4 is 4.74 Å². The average Bonchev–Trinajstić information content (AvgIpc) is 3.29. The van der Waals surface area contributed by atoms with Gasteiger partial charge < -0.3 is 4.74 Å². The van der Waals surface area contributed by atoms with Crippen molar-refractivity contribution >= 4 is 5.97 Å². The standard InChI is InChI=1S/C22H20N4O2/c1-15-9-10-20(16(2)13-15)26-17(3)14-19(23-26)22(27)28-21-11-12-25(24-21)18-7-5-4-6-8-18/h4-14H,1-3H3. The molecule has 2 aromatic heterocycles. The van der Waals surface area contributed by atoms with Gasteiger partial charge in [-0.25, -0.2) is 14.2 Å². The molecule has 6 nitrogen and oxygen atoms in total. The van der Waals surface area contributed by atoms with Crippen molar-refractivity contribution in [2.24, 2.45) is 0 Å². The molecule has 0 atom stereocenters. The Morgan fingerprint density at radius 2 is 1.71 bits per heavy atom. The number of hydrogen-bond donors (Lipinski definition) is 0. The molecule has 6 heteroatoms. The van der Waals surface area contributed by atoms with Gasteiger partial charge in [-0.2, -0.15) is 5.10 Å². The molecule has 0 saturated carbocycles. The maximum Gasteiger partial charge on any atom is 0.365 e. The molecule has 0 amide bonds. The normalized spacial score (nSPS) is 10.8. The molecule has 0 aliphatic rings. The highest BCUT2D eigenvalue weighted by atomic mass is 16.5. The molecular formula is C22H20N4O2. The van der Waals surface area contributed by atoms with E-state index in [9.17, 15) is 4.79 Å². The Hall–Kier alpha value is -3.67. The zero-order valence-corrected chi connectivity index (χ0v) is 16.0. The first-order chi connectivity index (χ1) is 13.5. The lowest BCUT2D eigenvalue weighted by Gasteiger charge is -2.08. The number of aromatic nitrogens is 4. The van der Waals surface area contributed by atoms with Crippen molar-refractivity contribution in [3.8, 4) is 17.3 Å². The number of para-hydroxylation sites is 1. The molecule has 0 unspecified atom stereocenters. The Labute approximate surface area is 163 Å². The van der Waals surface area contributed by atoms with E-state index in [0.717, 1.165) is 22.6 Å². The van der Waals surface area contributed by atoms with Crippen molar-refractivity contribution in [3.63, 3.8) is 0 Å². The molecular weight excluding hydrogens is 352 g/mol. The molecule has 2 heterocycles. The molecule has 28 heavy (non-hydrogen) atoms. The highest BCUT2D eigenvalue weighted by Gasteiger charge is 2.17. The van der Waals surface area contributed by atoms with E-state index in [0.29, 0.717) is 0 Å². The predicted molar refractivity (Wildman–Crippen MR) is 106 cm³/mol. The summed E-state index contributed by atoms with van der Waals surface area (Å²) >= 11 is 0. The minimum absolute atomic E-state index is 0.229. The van der Waals surface area contributed by atoms with E-state index in [1.807, 2.05) is 63.2 Å². The van der Waals surface area contributed by atoms with Gasteiger partial charge in [0.1, 0.15) is 0 Å². The summed E-state index contributed by atoms with van der Waals surface area (Å²) in [7, 11) is 0. The van der Waals surface area contributed by atoms with Gasteiger partial charge >= 0.3 is 5.97 Å². The van der Waals surface area contributed by atoms with Crippen molar-refractivity contribution in [2.45, 2.75) is 20.8 Å². The number of nitrogens with zero attached hydrogens (tertiary/aromatic N) is 4. The lowest BCUT2D eigenvalue weighted by Crippen LogP contribution is -2.11.